The van der Waals surface area contributed by atoms with Gasteiger partial charge in [-0.3, -0.25) is 0 Å². The van der Waals surface area contributed by atoms with Crippen LogP contribution in [0.4, 0.5) is 0 Å². The first-order valence-electron chi connectivity index (χ1n) is 7.29. The van der Waals surface area contributed by atoms with Gasteiger partial charge in [-0.2, -0.15) is 0 Å². The smallest absolute Gasteiger partial charge is 0.102 e. The van der Waals surface area contributed by atoms with Crippen molar-refractivity contribution in [1.29, 1.82) is 0 Å². The summed E-state index contributed by atoms with van der Waals surface area (Å²) in [6, 6.07) is 20.0. The second-order valence-corrected chi connectivity index (χ2v) is 4.98. The average molecular weight is 285 g/mol. The van der Waals surface area contributed by atoms with Gasteiger partial charge in [0.2, 0.25) is 0 Å². The monoisotopic (exact) mass is 285 g/mol. The summed E-state index contributed by atoms with van der Waals surface area (Å²) in [6.45, 7) is 1.33. The van der Waals surface area contributed by atoms with E-state index in [1.807, 2.05) is 48.5 Å². The average Bonchev–Trinajstić information content (AvgIpc) is 2.56. The van der Waals surface area contributed by atoms with Gasteiger partial charge in [-0.25, -0.2) is 0 Å². The van der Waals surface area contributed by atoms with E-state index in [2.05, 4.69) is 12.1 Å². The predicted molar refractivity (Wildman–Crippen MR) is 85.0 cm³/mol. The van der Waals surface area contributed by atoms with E-state index in [1.165, 1.54) is 0 Å². The molecule has 0 heterocycles. The lowest BCUT2D eigenvalue weighted by Gasteiger charge is -2.25. The Labute approximate surface area is 126 Å². The molecule has 0 fully saturated rings. The molecule has 2 aromatic rings. The normalized spacial score (nSPS) is 13.8. The fourth-order valence-corrected chi connectivity index (χ4v) is 2.31. The van der Waals surface area contributed by atoms with Crippen LogP contribution in [0, 0.1) is 0 Å². The fraction of sp³-hybridized carbons (Fsp3) is 0.333. The van der Waals surface area contributed by atoms with E-state index >= 15 is 0 Å². The minimum atomic E-state index is -0.184. The van der Waals surface area contributed by atoms with Gasteiger partial charge in [0.25, 0.3) is 0 Å². The summed E-state index contributed by atoms with van der Waals surface area (Å²) in [5.74, 6) is 0. The van der Waals surface area contributed by atoms with Crippen molar-refractivity contribution in [3.8, 4) is 0 Å². The maximum absolute atomic E-state index is 6.43. The van der Waals surface area contributed by atoms with Crippen molar-refractivity contribution in [2.24, 2.45) is 5.73 Å². The molecule has 21 heavy (non-hydrogen) atoms. The molecular formula is C18H23NO2. The Bertz CT molecular complexity index is 501. The highest BCUT2D eigenvalue weighted by Crippen LogP contribution is 2.30. The van der Waals surface area contributed by atoms with E-state index < -0.39 is 0 Å². The number of ether oxygens (including phenoxy) is 2. The molecule has 0 aliphatic heterocycles. The number of rotatable bonds is 8. The Morgan fingerprint density at radius 1 is 0.857 bits per heavy atom. The van der Waals surface area contributed by atoms with Crippen LogP contribution in [0.15, 0.2) is 60.7 Å². The highest BCUT2D eigenvalue weighted by Gasteiger charge is 2.21. The summed E-state index contributed by atoms with van der Waals surface area (Å²) < 4.78 is 11.1. The standard InChI is InChI=1S/C18H23NO2/c1-20-13-8-14-21-18(16-11-6-3-7-12-16)17(19)15-9-4-2-5-10-15/h2-7,9-12,17-18H,8,13-14,19H2,1H3. The molecule has 0 spiro atoms. The van der Waals surface area contributed by atoms with Gasteiger partial charge in [-0.15, -0.1) is 0 Å². The van der Waals surface area contributed by atoms with Crippen LogP contribution in [-0.2, 0) is 9.47 Å². The molecule has 0 aliphatic carbocycles. The van der Waals surface area contributed by atoms with E-state index in [9.17, 15) is 0 Å². The zero-order valence-electron chi connectivity index (χ0n) is 12.4. The van der Waals surface area contributed by atoms with Gasteiger partial charge in [0.05, 0.1) is 6.04 Å². The minimum Gasteiger partial charge on any atom is -0.385 e. The Balaban J connectivity index is 2.11. The first-order chi connectivity index (χ1) is 10.3. The van der Waals surface area contributed by atoms with Crippen molar-refractivity contribution >= 4 is 0 Å². The lowest BCUT2D eigenvalue weighted by Crippen LogP contribution is -2.23. The molecule has 2 N–H and O–H groups in total. The van der Waals surface area contributed by atoms with Gasteiger partial charge in [-0.1, -0.05) is 60.7 Å². The van der Waals surface area contributed by atoms with E-state index in [-0.39, 0.29) is 12.1 Å². The molecule has 0 aliphatic rings. The second-order valence-electron chi connectivity index (χ2n) is 4.98. The summed E-state index contributed by atoms with van der Waals surface area (Å²) in [5.41, 5.74) is 8.61. The van der Waals surface area contributed by atoms with Gasteiger partial charge in [0, 0.05) is 20.3 Å². The molecule has 2 atom stereocenters. The first-order valence-corrected chi connectivity index (χ1v) is 7.29. The van der Waals surface area contributed by atoms with Gasteiger partial charge < -0.3 is 15.2 Å². The van der Waals surface area contributed by atoms with Crippen LogP contribution in [0.2, 0.25) is 0 Å². The van der Waals surface area contributed by atoms with Crippen LogP contribution in [0.1, 0.15) is 29.7 Å². The zero-order valence-corrected chi connectivity index (χ0v) is 12.4. The van der Waals surface area contributed by atoms with E-state index in [0.29, 0.717) is 13.2 Å². The van der Waals surface area contributed by atoms with E-state index in [1.54, 1.807) is 7.11 Å². The van der Waals surface area contributed by atoms with Crippen LogP contribution in [-0.4, -0.2) is 20.3 Å². The number of methoxy groups -OCH3 is 1. The number of hydrogen-bond acceptors (Lipinski definition) is 3. The molecule has 0 aromatic heterocycles. The summed E-state index contributed by atoms with van der Waals surface area (Å²) in [5, 5.41) is 0. The van der Waals surface area contributed by atoms with Crippen molar-refractivity contribution in [2.45, 2.75) is 18.6 Å². The Morgan fingerprint density at radius 3 is 2.00 bits per heavy atom. The third-order valence-electron chi connectivity index (χ3n) is 3.43. The molecule has 0 amide bonds. The van der Waals surface area contributed by atoms with Crippen LogP contribution in [0.5, 0.6) is 0 Å². The molecule has 2 rings (SSSR count). The van der Waals surface area contributed by atoms with Gasteiger partial charge in [0.1, 0.15) is 6.10 Å². The zero-order chi connectivity index (χ0) is 14.9. The number of hydrogen-bond donors (Lipinski definition) is 1. The summed E-state index contributed by atoms with van der Waals surface area (Å²) in [7, 11) is 1.70. The van der Waals surface area contributed by atoms with E-state index in [4.69, 9.17) is 15.2 Å². The molecular weight excluding hydrogens is 262 g/mol. The van der Waals surface area contributed by atoms with Crippen LogP contribution < -0.4 is 5.73 Å². The highest BCUT2D eigenvalue weighted by atomic mass is 16.5. The van der Waals surface area contributed by atoms with Crippen LogP contribution in [0.25, 0.3) is 0 Å². The van der Waals surface area contributed by atoms with Crippen LogP contribution in [0.3, 0.4) is 0 Å². The minimum absolute atomic E-state index is 0.148. The summed E-state index contributed by atoms with van der Waals surface area (Å²) in [4.78, 5) is 0. The molecule has 0 radical (unpaired) electrons. The van der Waals surface area contributed by atoms with Crippen molar-refractivity contribution in [3.05, 3.63) is 71.8 Å². The molecule has 3 nitrogen and oxygen atoms in total. The van der Waals surface area contributed by atoms with Crippen molar-refractivity contribution in [2.75, 3.05) is 20.3 Å². The lowest BCUT2D eigenvalue weighted by atomic mass is 9.96. The Kier molecular flexibility index (Phi) is 6.41. The van der Waals surface area contributed by atoms with Gasteiger partial charge in [-0.05, 0) is 17.5 Å². The third kappa shape index (κ3) is 4.67. The number of benzene rings is 2. The van der Waals surface area contributed by atoms with E-state index in [0.717, 1.165) is 17.5 Å². The molecule has 2 aromatic carbocycles. The maximum Gasteiger partial charge on any atom is 0.102 e. The Hall–Kier alpha value is -1.68. The molecule has 0 bridgehead atoms. The van der Waals surface area contributed by atoms with Gasteiger partial charge in [0.15, 0.2) is 0 Å². The van der Waals surface area contributed by atoms with Crippen molar-refractivity contribution < 1.29 is 9.47 Å². The van der Waals surface area contributed by atoms with Crippen molar-refractivity contribution in [1.82, 2.24) is 0 Å². The molecule has 0 saturated heterocycles. The topological polar surface area (TPSA) is 44.5 Å². The quantitative estimate of drug-likeness (QED) is 0.755. The predicted octanol–water partition coefficient (Wildman–Crippen LogP) is 3.48. The SMILES string of the molecule is COCCCOC(c1ccccc1)C(N)c1ccccc1. The summed E-state index contributed by atoms with van der Waals surface area (Å²) in [6.07, 6.45) is 0.715. The Morgan fingerprint density at radius 2 is 1.43 bits per heavy atom. The third-order valence-corrected chi connectivity index (χ3v) is 3.43. The lowest BCUT2D eigenvalue weighted by molar-refractivity contribution is 0.0225. The largest absolute Gasteiger partial charge is 0.385 e. The molecule has 112 valence electrons. The second kappa shape index (κ2) is 8.57. The van der Waals surface area contributed by atoms with Crippen molar-refractivity contribution in [3.63, 3.8) is 0 Å². The molecule has 0 saturated carbocycles. The fourth-order valence-electron chi connectivity index (χ4n) is 2.31. The van der Waals surface area contributed by atoms with Gasteiger partial charge >= 0.3 is 0 Å². The number of nitrogens with two attached hydrogens (primary N) is 1. The van der Waals surface area contributed by atoms with Crippen LogP contribution >= 0.6 is 0 Å². The maximum atomic E-state index is 6.43. The summed E-state index contributed by atoms with van der Waals surface area (Å²) >= 11 is 0. The molecule has 3 heteroatoms. The highest BCUT2D eigenvalue weighted by molar-refractivity contribution is 5.26. The first kappa shape index (κ1) is 15.7. The molecule has 2 unspecified atom stereocenters.